The SMILES string of the molecule is CC(C)(C)CC1([Si](C)(C)N[Si](C)(C)C)C=CC=C1. The van der Waals surface area contributed by atoms with Gasteiger partial charge in [-0.25, -0.2) is 0 Å². The molecule has 1 nitrogen and oxygen atoms in total. The Labute approximate surface area is 116 Å². The molecule has 0 radical (unpaired) electrons. The number of allylic oxidation sites excluding steroid dienone is 4. The minimum Gasteiger partial charge on any atom is -0.359 e. The third-order valence-corrected chi connectivity index (χ3v) is 11.9. The maximum atomic E-state index is 4.08. The largest absolute Gasteiger partial charge is 0.359 e. The first-order chi connectivity index (χ1) is 7.87. The van der Waals surface area contributed by atoms with Crippen LogP contribution in [0.15, 0.2) is 24.3 Å². The van der Waals surface area contributed by atoms with Gasteiger partial charge in [-0.15, -0.1) is 0 Å². The molecule has 0 aromatic carbocycles. The molecular weight excluding hydrogens is 250 g/mol. The van der Waals surface area contributed by atoms with Crippen LogP contribution in [0.25, 0.3) is 0 Å². The van der Waals surface area contributed by atoms with Gasteiger partial charge in [-0.2, -0.15) is 0 Å². The molecule has 0 atom stereocenters. The van der Waals surface area contributed by atoms with Gasteiger partial charge in [0.2, 0.25) is 0 Å². The summed E-state index contributed by atoms with van der Waals surface area (Å²) in [6.45, 7) is 19.3. The Morgan fingerprint density at radius 2 is 1.39 bits per heavy atom. The van der Waals surface area contributed by atoms with Crippen LogP contribution in [-0.4, -0.2) is 16.5 Å². The standard InChI is InChI=1S/C15H31NSi2/c1-14(2,3)13-15(11-9-10-12-15)18(7,8)16-17(4,5)6/h9-12,16H,13H2,1-8H3. The molecule has 0 heterocycles. The molecule has 0 saturated heterocycles. The Morgan fingerprint density at radius 1 is 0.944 bits per heavy atom. The van der Waals surface area contributed by atoms with Crippen molar-refractivity contribution in [2.75, 3.05) is 0 Å². The monoisotopic (exact) mass is 281 g/mol. The molecule has 0 aromatic rings. The first-order valence-corrected chi connectivity index (χ1v) is 13.5. The van der Waals surface area contributed by atoms with E-state index < -0.39 is 16.5 Å². The average molecular weight is 282 g/mol. The lowest BCUT2D eigenvalue weighted by Gasteiger charge is -2.47. The summed E-state index contributed by atoms with van der Waals surface area (Å²) in [4.78, 5) is 0. The maximum Gasteiger partial charge on any atom is 0.126 e. The second kappa shape index (κ2) is 4.76. The minimum atomic E-state index is -1.53. The van der Waals surface area contributed by atoms with Crippen LogP contribution in [0.3, 0.4) is 0 Å². The normalized spacial score (nSPS) is 19.6. The Bertz CT molecular complexity index is 342. The molecule has 0 amide bonds. The van der Waals surface area contributed by atoms with Gasteiger partial charge < -0.3 is 4.65 Å². The van der Waals surface area contributed by atoms with Crippen LogP contribution < -0.4 is 4.65 Å². The Hall–Kier alpha value is -0.126. The lowest BCUT2D eigenvalue weighted by molar-refractivity contribution is 0.352. The van der Waals surface area contributed by atoms with E-state index in [1.165, 1.54) is 6.42 Å². The summed E-state index contributed by atoms with van der Waals surface area (Å²) in [6.07, 6.45) is 10.6. The summed E-state index contributed by atoms with van der Waals surface area (Å²) >= 11 is 0. The van der Waals surface area contributed by atoms with Gasteiger partial charge in [-0.1, -0.05) is 77.8 Å². The number of hydrogen-bond donors (Lipinski definition) is 1. The first kappa shape index (κ1) is 15.9. The number of hydrogen-bond acceptors (Lipinski definition) is 1. The lowest BCUT2D eigenvalue weighted by Crippen LogP contribution is -2.63. The van der Waals surface area contributed by atoms with Gasteiger partial charge in [-0.05, 0) is 11.8 Å². The highest BCUT2D eigenvalue weighted by atomic mass is 28.4. The van der Waals surface area contributed by atoms with Gasteiger partial charge >= 0.3 is 0 Å². The van der Waals surface area contributed by atoms with Crippen molar-refractivity contribution in [2.24, 2.45) is 5.41 Å². The van der Waals surface area contributed by atoms with E-state index >= 15 is 0 Å². The fraction of sp³-hybridized carbons (Fsp3) is 0.733. The predicted octanol–water partition coefficient (Wildman–Crippen LogP) is 4.92. The third-order valence-electron chi connectivity index (χ3n) is 3.57. The topological polar surface area (TPSA) is 12.0 Å². The molecule has 0 fully saturated rings. The Morgan fingerprint density at radius 3 is 1.72 bits per heavy atom. The molecule has 1 N–H and O–H groups in total. The summed E-state index contributed by atoms with van der Waals surface area (Å²) in [7, 11) is -2.77. The molecule has 1 aliphatic rings. The molecule has 1 rings (SSSR count). The van der Waals surface area contributed by atoms with Crippen molar-refractivity contribution in [1.82, 2.24) is 4.65 Å². The summed E-state index contributed by atoms with van der Waals surface area (Å²) in [5, 5.41) is 0.283. The Balaban J connectivity index is 3.06. The highest BCUT2D eigenvalue weighted by Crippen LogP contribution is 2.51. The summed E-state index contributed by atoms with van der Waals surface area (Å²) < 4.78 is 4.08. The van der Waals surface area contributed by atoms with Crippen LogP contribution in [-0.2, 0) is 0 Å². The smallest absolute Gasteiger partial charge is 0.126 e. The molecule has 1 aliphatic carbocycles. The molecule has 3 heteroatoms. The lowest BCUT2D eigenvalue weighted by atomic mass is 9.84. The molecule has 18 heavy (non-hydrogen) atoms. The zero-order chi connectivity index (χ0) is 14.2. The van der Waals surface area contributed by atoms with Crippen LogP contribution in [0.1, 0.15) is 27.2 Å². The van der Waals surface area contributed by atoms with Crippen molar-refractivity contribution in [3.63, 3.8) is 0 Å². The van der Waals surface area contributed by atoms with Crippen molar-refractivity contribution in [2.45, 2.75) is 65.0 Å². The number of rotatable bonds is 4. The van der Waals surface area contributed by atoms with E-state index in [2.05, 4.69) is 82.5 Å². The molecular formula is C15H31NSi2. The van der Waals surface area contributed by atoms with Crippen molar-refractivity contribution >= 4 is 16.5 Å². The van der Waals surface area contributed by atoms with Crippen LogP contribution in [0, 0.1) is 5.41 Å². The molecule has 0 saturated carbocycles. The van der Waals surface area contributed by atoms with Crippen LogP contribution in [0.4, 0.5) is 0 Å². The van der Waals surface area contributed by atoms with Crippen molar-refractivity contribution in [1.29, 1.82) is 0 Å². The van der Waals surface area contributed by atoms with E-state index in [1.807, 2.05) is 0 Å². The van der Waals surface area contributed by atoms with Crippen LogP contribution in [0.2, 0.25) is 37.8 Å². The van der Waals surface area contributed by atoms with Crippen LogP contribution in [0.5, 0.6) is 0 Å². The van der Waals surface area contributed by atoms with E-state index in [0.29, 0.717) is 5.41 Å². The average Bonchev–Trinajstić information content (AvgIpc) is 2.45. The zero-order valence-corrected chi connectivity index (χ0v) is 15.5. The van der Waals surface area contributed by atoms with Gasteiger partial charge in [0.15, 0.2) is 0 Å². The quantitative estimate of drug-likeness (QED) is 0.721. The van der Waals surface area contributed by atoms with E-state index in [-0.39, 0.29) is 5.04 Å². The van der Waals surface area contributed by atoms with E-state index in [0.717, 1.165) is 0 Å². The second-order valence-corrected chi connectivity index (χ2v) is 18.2. The van der Waals surface area contributed by atoms with E-state index in [9.17, 15) is 0 Å². The highest BCUT2D eigenvalue weighted by molar-refractivity contribution is 6.92. The molecule has 104 valence electrons. The molecule has 0 spiro atoms. The zero-order valence-electron chi connectivity index (χ0n) is 13.5. The second-order valence-electron chi connectivity index (χ2n) is 8.50. The van der Waals surface area contributed by atoms with E-state index in [4.69, 9.17) is 0 Å². The van der Waals surface area contributed by atoms with Crippen molar-refractivity contribution < 1.29 is 0 Å². The fourth-order valence-electron chi connectivity index (χ4n) is 3.20. The molecule has 0 unspecified atom stereocenters. The molecule has 0 bridgehead atoms. The first-order valence-electron chi connectivity index (χ1n) is 7.03. The van der Waals surface area contributed by atoms with Crippen molar-refractivity contribution in [3.8, 4) is 0 Å². The summed E-state index contributed by atoms with van der Waals surface area (Å²) in [5.74, 6) is 0. The predicted molar refractivity (Wildman–Crippen MR) is 89.0 cm³/mol. The third kappa shape index (κ3) is 3.93. The maximum absolute atomic E-state index is 4.08. The molecule has 0 aromatic heterocycles. The number of nitrogens with one attached hydrogen (secondary N) is 1. The van der Waals surface area contributed by atoms with Crippen LogP contribution >= 0.6 is 0 Å². The highest BCUT2D eigenvalue weighted by Gasteiger charge is 2.47. The van der Waals surface area contributed by atoms with Gasteiger partial charge in [0, 0.05) is 5.04 Å². The van der Waals surface area contributed by atoms with E-state index in [1.54, 1.807) is 0 Å². The summed E-state index contributed by atoms with van der Waals surface area (Å²) in [5.41, 5.74) is 0.365. The Kier molecular flexibility index (Phi) is 4.22. The summed E-state index contributed by atoms with van der Waals surface area (Å²) in [6, 6.07) is 0. The van der Waals surface area contributed by atoms with Gasteiger partial charge in [-0.3, -0.25) is 0 Å². The van der Waals surface area contributed by atoms with Crippen molar-refractivity contribution in [3.05, 3.63) is 24.3 Å². The minimum absolute atomic E-state index is 0.283. The van der Waals surface area contributed by atoms with Gasteiger partial charge in [0.25, 0.3) is 0 Å². The van der Waals surface area contributed by atoms with Gasteiger partial charge in [0.05, 0.1) is 0 Å². The fourth-order valence-corrected chi connectivity index (χ4v) is 13.6. The van der Waals surface area contributed by atoms with Gasteiger partial charge in [0.1, 0.15) is 16.5 Å². The molecule has 0 aliphatic heterocycles.